The molecule has 0 unspecified atom stereocenters. The molecule has 0 atom stereocenters. The summed E-state index contributed by atoms with van der Waals surface area (Å²) in [5.41, 5.74) is 0.760. The fourth-order valence-electron chi connectivity index (χ4n) is 1.80. The maximum Gasteiger partial charge on any atom is 0.326 e. The second-order valence-corrected chi connectivity index (χ2v) is 3.93. The van der Waals surface area contributed by atoms with E-state index in [1.165, 1.54) is 10.6 Å². The number of esters is 1. The Morgan fingerprint density at radius 3 is 3.00 bits per heavy atom. The Morgan fingerprint density at radius 1 is 1.56 bits per heavy atom. The molecule has 6 heteroatoms. The Balaban J connectivity index is 2.49. The molecule has 0 fully saturated rings. The third kappa shape index (κ3) is 2.31. The van der Waals surface area contributed by atoms with Crippen molar-refractivity contribution in [3.8, 4) is 0 Å². The van der Waals surface area contributed by atoms with Gasteiger partial charge in [0.25, 0.3) is 0 Å². The maximum atomic E-state index is 13.8. The first-order valence-electron chi connectivity index (χ1n) is 5.52. The molecule has 0 aliphatic rings. The molecule has 0 bridgehead atoms. The van der Waals surface area contributed by atoms with Crippen molar-refractivity contribution in [1.29, 1.82) is 0 Å². The standard InChI is InChI=1S/C12H12ClFN2O2/c1-2-18-11(17)7-16-10(6-13)15-9-5-3-4-8(14)12(9)16/h3-5H,2,6-7H2,1H3. The smallest absolute Gasteiger partial charge is 0.326 e. The highest BCUT2D eigenvalue weighted by Gasteiger charge is 2.16. The highest BCUT2D eigenvalue weighted by Crippen LogP contribution is 2.20. The van der Waals surface area contributed by atoms with Gasteiger partial charge in [-0.15, -0.1) is 11.6 Å². The van der Waals surface area contributed by atoms with Gasteiger partial charge in [-0.1, -0.05) is 6.07 Å². The van der Waals surface area contributed by atoms with Crippen molar-refractivity contribution in [2.75, 3.05) is 6.61 Å². The zero-order chi connectivity index (χ0) is 13.1. The maximum absolute atomic E-state index is 13.8. The van der Waals surface area contributed by atoms with E-state index < -0.39 is 11.8 Å². The van der Waals surface area contributed by atoms with Crippen LogP contribution in [-0.2, 0) is 22.0 Å². The fraction of sp³-hybridized carbons (Fsp3) is 0.333. The molecule has 1 aromatic carbocycles. The Morgan fingerprint density at radius 2 is 2.33 bits per heavy atom. The number of imidazole rings is 1. The lowest BCUT2D eigenvalue weighted by Gasteiger charge is -2.07. The molecular weight excluding hydrogens is 259 g/mol. The van der Waals surface area contributed by atoms with Crippen molar-refractivity contribution >= 4 is 28.6 Å². The molecule has 0 spiro atoms. The normalized spacial score (nSPS) is 10.8. The van der Waals surface area contributed by atoms with Crippen LogP contribution in [0.5, 0.6) is 0 Å². The van der Waals surface area contributed by atoms with Crippen LogP contribution in [-0.4, -0.2) is 22.1 Å². The van der Waals surface area contributed by atoms with Crippen LogP contribution in [0, 0.1) is 5.82 Å². The molecule has 0 saturated carbocycles. The summed E-state index contributed by atoms with van der Waals surface area (Å²) in [7, 11) is 0. The zero-order valence-electron chi connectivity index (χ0n) is 9.82. The Kier molecular flexibility index (Phi) is 3.81. The Bertz CT molecular complexity index is 583. The number of aromatic nitrogens is 2. The van der Waals surface area contributed by atoms with Crippen molar-refractivity contribution in [2.24, 2.45) is 0 Å². The number of para-hydroxylation sites is 1. The van der Waals surface area contributed by atoms with Crippen molar-refractivity contribution in [2.45, 2.75) is 19.3 Å². The van der Waals surface area contributed by atoms with Gasteiger partial charge in [0.15, 0.2) is 0 Å². The summed E-state index contributed by atoms with van der Waals surface area (Å²) >= 11 is 5.76. The molecule has 0 radical (unpaired) electrons. The number of halogens is 2. The second kappa shape index (κ2) is 5.35. The lowest BCUT2D eigenvalue weighted by molar-refractivity contribution is -0.143. The van der Waals surface area contributed by atoms with E-state index in [1.807, 2.05) is 0 Å². The van der Waals surface area contributed by atoms with Gasteiger partial charge in [-0.3, -0.25) is 4.79 Å². The Labute approximate surface area is 108 Å². The van der Waals surface area contributed by atoms with Crippen molar-refractivity contribution in [1.82, 2.24) is 9.55 Å². The minimum absolute atomic E-state index is 0.0900. The molecule has 0 amide bonds. The van der Waals surface area contributed by atoms with E-state index in [2.05, 4.69) is 4.98 Å². The summed E-state index contributed by atoms with van der Waals surface area (Å²) in [5.74, 6) is -0.315. The number of rotatable bonds is 4. The van der Waals surface area contributed by atoms with Crippen molar-refractivity contribution in [3.63, 3.8) is 0 Å². The van der Waals surface area contributed by atoms with Crippen LogP contribution in [0.15, 0.2) is 18.2 Å². The van der Waals surface area contributed by atoms with Gasteiger partial charge in [-0.25, -0.2) is 9.37 Å². The third-order valence-corrected chi connectivity index (χ3v) is 2.75. The third-order valence-electron chi connectivity index (χ3n) is 2.51. The van der Waals surface area contributed by atoms with E-state index in [-0.39, 0.29) is 24.5 Å². The summed E-state index contributed by atoms with van der Waals surface area (Å²) in [5, 5.41) is 0. The molecule has 0 aliphatic heterocycles. The van der Waals surface area contributed by atoms with Crippen LogP contribution in [0.4, 0.5) is 4.39 Å². The molecule has 0 N–H and O–H groups in total. The number of ether oxygens (including phenoxy) is 1. The fourth-order valence-corrected chi connectivity index (χ4v) is 2.00. The van der Waals surface area contributed by atoms with Gasteiger partial charge >= 0.3 is 5.97 Å². The monoisotopic (exact) mass is 270 g/mol. The lowest BCUT2D eigenvalue weighted by Crippen LogP contribution is -2.15. The number of benzene rings is 1. The topological polar surface area (TPSA) is 44.1 Å². The van der Waals surface area contributed by atoms with E-state index in [0.717, 1.165) is 0 Å². The average molecular weight is 271 g/mol. The van der Waals surface area contributed by atoms with E-state index in [4.69, 9.17) is 16.3 Å². The number of fused-ring (bicyclic) bond motifs is 1. The number of carbonyl (C=O) groups is 1. The SMILES string of the molecule is CCOC(=O)Cn1c(CCl)nc2cccc(F)c21. The van der Waals surface area contributed by atoms with Gasteiger partial charge < -0.3 is 9.30 Å². The van der Waals surface area contributed by atoms with Gasteiger partial charge in [0.2, 0.25) is 0 Å². The minimum atomic E-state index is -0.439. The predicted octanol–water partition coefficient (Wildman–Crippen LogP) is 2.48. The van der Waals surface area contributed by atoms with E-state index >= 15 is 0 Å². The number of hydrogen-bond acceptors (Lipinski definition) is 3. The van der Waals surface area contributed by atoms with Gasteiger partial charge in [0.1, 0.15) is 23.7 Å². The molecule has 18 heavy (non-hydrogen) atoms. The zero-order valence-corrected chi connectivity index (χ0v) is 10.6. The first kappa shape index (κ1) is 12.8. The highest BCUT2D eigenvalue weighted by molar-refractivity contribution is 6.16. The average Bonchev–Trinajstić information content (AvgIpc) is 2.69. The molecule has 96 valence electrons. The summed E-state index contributed by atoms with van der Waals surface area (Å²) in [6, 6.07) is 4.57. The molecule has 1 heterocycles. The van der Waals surface area contributed by atoms with E-state index in [1.54, 1.807) is 19.1 Å². The summed E-state index contributed by atoms with van der Waals surface area (Å²) in [6.07, 6.45) is 0. The van der Waals surface area contributed by atoms with Crippen LogP contribution in [0.3, 0.4) is 0 Å². The molecule has 1 aromatic heterocycles. The quantitative estimate of drug-likeness (QED) is 0.633. The number of alkyl halides is 1. The molecule has 2 rings (SSSR count). The summed E-state index contributed by atoms with van der Waals surface area (Å²) in [4.78, 5) is 15.7. The van der Waals surface area contributed by atoms with Gasteiger partial charge in [-0.2, -0.15) is 0 Å². The lowest BCUT2D eigenvalue weighted by atomic mass is 10.3. The van der Waals surface area contributed by atoms with Crippen molar-refractivity contribution in [3.05, 3.63) is 29.8 Å². The predicted molar refractivity (Wildman–Crippen MR) is 65.9 cm³/mol. The minimum Gasteiger partial charge on any atom is -0.465 e. The molecule has 2 aromatic rings. The van der Waals surface area contributed by atoms with E-state index in [9.17, 15) is 9.18 Å². The molecule has 0 aliphatic carbocycles. The number of carbonyl (C=O) groups excluding carboxylic acids is 1. The number of hydrogen-bond donors (Lipinski definition) is 0. The van der Waals surface area contributed by atoms with Gasteiger partial charge in [-0.05, 0) is 19.1 Å². The van der Waals surface area contributed by atoms with E-state index in [0.29, 0.717) is 11.3 Å². The summed E-state index contributed by atoms with van der Waals surface area (Å²) < 4.78 is 20.1. The largest absolute Gasteiger partial charge is 0.465 e. The molecule has 4 nitrogen and oxygen atoms in total. The summed E-state index contributed by atoms with van der Waals surface area (Å²) in [6.45, 7) is 1.91. The van der Waals surface area contributed by atoms with Crippen LogP contribution in [0.2, 0.25) is 0 Å². The second-order valence-electron chi connectivity index (χ2n) is 3.66. The van der Waals surface area contributed by atoms with Crippen molar-refractivity contribution < 1.29 is 13.9 Å². The molecule has 0 saturated heterocycles. The Hall–Kier alpha value is -1.62. The van der Waals surface area contributed by atoms with Crippen LogP contribution < -0.4 is 0 Å². The van der Waals surface area contributed by atoms with Crippen LogP contribution in [0.1, 0.15) is 12.7 Å². The van der Waals surface area contributed by atoms with Crippen LogP contribution >= 0.6 is 11.6 Å². The number of nitrogens with zero attached hydrogens (tertiary/aromatic N) is 2. The van der Waals surface area contributed by atoms with Gasteiger partial charge in [0.05, 0.1) is 18.0 Å². The van der Waals surface area contributed by atoms with Gasteiger partial charge in [0, 0.05) is 0 Å². The first-order chi connectivity index (χ1) is 8.67. The first-order valence-corrected chi connectivity index (χ1v) is 6.06. The highest BCUT2D eigenvalue weighted by atomic mass is 35.5. The molecular formula is C12H12ClFN2O2. The van der Waals surface area contributed by atoms with Crippen LogP contribution in [0.25, 0.3) is 11.0 Å².